The summed E-state index contributed by atoms with van der Waals surface area (Å²) in [5.74, 6) is -0.772. The third-order valence-corrected chi connectivity index (χ3v) is 3.43. The number of phenolic OH excluding ortho intramolecular Hbond substituents is 1. The Labute approximate surface area is 115 Å². The van der Waals surface area contributed by atoms with Gasteiger partial charge in [0.25, 0.3) is 0 Å². The lowest BCUT2D eigenvalue weighted by molar-refractivity contribution is 0.0690. The van der Waals surface area contributed by atoms with Crippen molar-refractivity contribution in [2.45, 2.75) is 12.6 Å². The molecule has 1 aromatic heterocycles. The summed E-state index contributed by atoms with van der Waals surface area (Å²) in [6.45, 7) is 2.19. The van der Waals surface area contributed by atoms with Crippen LogP contribution in [-0.2, 0) is 6.54 Å². The molecule has 0 atom stereocenters. The minimum absolute atomic E-state index is 0.0378. The van der Waals surface area contributed by atoms with Gasteiger partial charge in [-0.15, -0.1) is 5.10 Å². The summed E-state index contributed by atoms with van der Waals surface area (Å²) in [6.07, 6.45) is 1.45. The van der Waals surface area contributed by atoms with Gasteiger partial charge in [0.15, 0.2) is 5.69 Å². The molecule has 2 N–H and O–H groups in total. The van der Waals surface area contributed by atoms with Crippen LogP contribution in [0.15, 0.2) is 30.5 Å². The zero-order valence-electron chi connectivity index (χ0n) is 10.7. The average Bonchev–Trinajstić information content (AvgIpc) is 2.84. The normalized spacial score (nSPS) is 16.0. The SMILES string of the molecule is O=C(O)c1cn(C2CN(Cc3ccccc3O)C2)nn1. The van der Waals surface area contributed by atoms with E-state index in [0.29, 0.717) is 12.3 Å². The number of aromatic nitrogens is 3. The van der Waals surface area contributed by atoms with Crippen molar-refractivity contribution in [3.05, 3.63) is 41.7 Å². The second-order valence-electron chi connectivity index (χ2n) is 4.87. The van der Waals surface area contributed by atoms with Gasteiger partial charge in [-0.25, -0.2) is 9.48 Å². The van der Waals surface area contributed by atoms with Gasteiger partial charge in [0.05, 0.1) is 12.2 Å². The molecule has 0 saturated carbocycles. The number of likely N-dealkylation sites (tertiary alicyclic amines) is 1. The maximum absolute atomic E-state index is 10.7. The van der Waals surface area contributed by atoms with Crippen molar-refractivity contribution < 1.29 is 15.0 Å². The van der Waals surface area contributed by atoms with Crippen molar-refractivity contribution in [2.24, 2.45) is 0 Å². The fraction of sp³-hybridized carbons (Fsp3) is 0.308. The molecule has 7 nitrogen and oxygen atoms in total. The second kappa shape index (κ2) is 4.93. The molecular formula is C13H14N4O3. The highest BCUT2D eigenvalue weighted by Gasteiger charge is 2.30. The number of hydrogen-bond acceptors (Lipinski definition) is 5. The molecule has 0 unspecified atom stereocenters. The monoisotopic (exact) mass is 274 g/mol. The summed E-state index contributed by atoms with van der Waals surface area (Å²) in [4.78, 5) is 12.9. The van der Waals surface area contributed by atoms with Crippen LogP contribution in [0.2, 0.25) is 0 Å². The highest BCUT2D eigenvalue weighted by atomic mass is 16.4. The maximum Gasteiger partial charge on any atom is 0.358 e. The molecular weight excluding hydrogens is 260 g/mol. The van der Waals surface area contributed by atoms with E-state index in [1.165, 1.54) is 6.20 Å². The number of para-hydroxylation sites is 1. The van der Waals surface area contributed by atoms with Crippen LogP contribution in [-0.4, -0.2) is 49.2 Å². The minimum atomic E-state index is -1.07. The smallest absolute Gasteiger partial charge is 0.358 e. The number of phenols is 1. The van der Waals surface area contributed by atoms with Crippen molar-refractivity contribution >= 4 is 5.97 Å². The lowest BCUT2D eigenvalue weighted by Crippen LogP contribution is -2.47. The lowest BCUT2D eigenvalue weighted by Gasteiger charge is -2.38. The number of benzene rings is 1. The van der Waals surface area contributed by atoms with Gasteiger partial charge in [-0.3, -0.25) is 4.90 Å². The number of carbonyl (C=O) groups is 1. The van der Waals surface area contributed by atoms with E-state index in [4.69, 9.17) is 5.11 Å². The molecule has 0 spiro atoms. The molecule has 0 radical (unpaired) electrons. The van der Waals surface area contributed by atoms with E-state index < -0.39 is 5.97 Å². The zero-order chi connectivity index (χ0) is 14.1. The molecule has 0 amide bonds. The number of carboxylic acids is 1. The second-order valence-corrected chi connectivity index (χ2v) is 4.87. The maximum atomic E-state index is 10.7. The van der Waals surface area contributed by atoms with Crippen molar-refractivity contribution in [3.63, 3.8) is 0 Å². The van der Waals surface area contributed by atoms with Gasteiger partial charge in [-0.2, -0.15) is 0 Å². The van der Waals surface area contributed by atoms with Crippen molar-refractivity contribution in [1.29, 1.82) is 0 Å². The van der Waals surface area contributed by atoms with E-state index >= 15 is 0 Å². The molecule has 20 heavy (non-hydrogen) atoms. The molecule has 1 saturated heterocycles. The first-order chi connectivity index (χ1) is 9.63. The quantitative estimate of drug-likeness (QED) is 0.854. The molecule has 3 rings (SSSR count). The predicted octanol–water partition coefficient (Wildman–Crippen LogP) is 0.739. The Hall–Kier alpha value is -2.41. The molecule has 0 aliphatic carbocycles. The van der Waals surface area contributed by atoms with Crippen molar-refractivity contribution in [2.75, 3.05) is 13.1 Å². The summed E-state index contributed by atoms with van der Waals surface area (Å²) in [7, 11) is 0. The van der Waals surface area contributed by atoms with Gasteiger partial charge in [0, 0.05) is 25.2 Å². The Balaban J connectivity index is 1.58. The molecule has 1 fully saturated rings. The topological polar surface area (TPSA) is 91.5 Å². The van der Waals surface area contributed by atoms with Crippen LogP contribution in [0.25, 0.3) is 0 Å². The highest BCUT2D eigenvalue weighted by Crippen LogP contribution is 2.25. The molecule has 104 valence electrons. The van der Waals surface area contributed by atoms with Crippen LogP contribution in [0.1, 0.15) is 22.1 Å². The van der Waals surface area contributed by atoms with Gasteiger partial charge in [-0.1, -0.05) is 23.4 Å². The molecule has 1 aliphatic heterocycles. The highest BCUT2D eigenvalue weighted by molar-refractivity contribution is 5.84. The van der Waals surface area contributed by atoms with E-state index in [0.717, 1.165) is 18.7 Å². The standard InChI is InChI=1S/C13H14N4O3/c18-12-4-2-1-3-9(12)5-16-6-10(7-16)17-8-11(13(19)20)14-15-17/h1-4,8,10,18H,5-7H2,(H,19,20). The fourth-order valence-corrected chi connectivity index (χ4v) is 2.28. The molecule has 1 aromatic carbocycles. The fourth-order valence-electron chi connectivity index (χ4n) is 2.28. The van der Waals surface area contributed by atoms with Gasteiger partial charge >= 0.3 is 5.97 Å². The van der Waals surface area contributed by atoms with Gasteiger partial charge in [0.2, 0.25) is 0 Å². The Morgan fingerprint density at radius 2 is 2.10 bits per heavy atom. The molecule has 7 heteroatoms. The van der Waals surface area contributed by atoms with Crippen molar-refractivity contribution in [3.8, 4) is 5.75 Å². The Bertz CT molecular complexity index is 634. The third-order valence-electron chi connectivity index (χ3n) is 3.43. The summed E-state index contributed by atoms with van der Waals surface area (Å²) >= 11 is 0. The summed E-state index contributed by atoms with van der Waals surface area (Å²) in [6, 6.07) is 7.38. The molecule has 0 bridgehead atoms. The largest absolute Gasteiger partial charge is 0.508 e. The van der Waals surface area contributed by atoms with Crippen LogP contribution >= 0.6 is 0 Å². The average molecular weight is 274 g/mol. The number of aromatic hydroxyl groups is 1. The molecule has 1 aliphatic rings. The summed E-state index contributed by atoms with van der Waals surface area (Å²) in [5, 5.41) is 25.9. The van der Waals surface area contributed by atoms with E-state index in [2.05, 4.69) is 15.2 Å². The first-order valence-corrected chi connectivity index (χ1v) is 6.28. The number of nitrogens with zero attached hydrogens (tertiary/aromatic N) is 4. The van der Waals surface area contributed by atoms with Gasteiger partial charge < -0.3 is 10.2 Å². The minimum Gasteiger partial charge on any atom is -0.508 e. The Morgan fingerprint density at radius 3 is 2.75 bits per heavy atom. The first kappa shape index (κ1) is 12.6. The van der Waals surface area contributed by atoms with E-state index in [1.54, 1.807) is 16.8 Å². The predicted molar refractivity (Wildman–Crippen MR) is 69.4 cm³/mol. The lowest BCUT2D eigenvalue weighted by atomic mass is 10.1. The summed E-state index contributed by atoms with van der Waals surface area (Å²) < 4.78 is 1.59. The third kappa shape index (κ3) is 2.35. The molecule has 2 aromatic rings. The Kier molecular flexibility index (Phi) is 3.11. The van der Waals surface area contributed by atoms with Crippen LogP contribution < -0.4 is 0 Å². The van der Waals surface area contributed by atoms with Gasteiger partial charge in [-0.05, 0) is 6.07 Å². The number of aromatic carboxylic acids is 1. The van der Waals surface area contributed by atoms with Crippen LogP contribution in [0.5, 0.6) is 5.75 Å². The van der Waals surface area contributed by atoms with E-state index in [-0.39, 0.29) is 11.7 Å². The first-order valence-electron chi connectivity index (χ1n) is 6.28. The number of hydrogen-bond donors (Lipinski definition) is 2. The molecule has 2 heterocycles. The number of rotatable bonds is 4. The van der Waals surface area contributed by atoms with Crippen LogP contribution in [0.4, 0.5) is 0 Å². The number of carboxylic acid groups (broad SMARTS) is 1. The summed E-state index contributed by atoms with van der Waals surface area (Å²) in [5.41, 5.74) is 0.847. The van der Waals surface area contributed by atoms with Crippen LogP contribution in [0.3, 0.4) is 0 Å². The van der Waals surface area contributed by atoms with Crippen molar-refractivity contribution in [1.82, 2.24) is 19.9 Å². The zero-order valence-corrected chi connectivity index (χ0v) is 10.7. The van der Waals surface area contributed by atoms with E-state index in [9.17, 15) is 9.90 Å². The van der Waals surface area contributed by atoms with Gasteiger partial charge in [0.1, 0.15) is 5.75 Å². The Morgan fingerprint density at radius 1 is 1.35 bits per heavy atom. The van der Waals surface area contributed by atoms with E-state index in [1.807, 2.05) is 12.1 Å². The van der Waals surface area contributed by atoms with Crippen LogP contribution in [0, 0.1) is 0 Å².